The lowest BCUT2D eigenvalue weighted by molar-refractivity contribution is 0.0960. The second-order valence-corrected chi connectivity index (χ2v) is 4.48. The van der Waals surface area contributed by atoms with E-state index in [0.29, 0.717) is 5.02 Å². The molecule has 2 aromatic carbocycles. The van der Waals surface area contributed by atoms with E-state index in [9.17, 15) is 4.79 Å². The van der Waals surface area contributed by atoms with Crippen LogP contribution in [0.5, 0.6) is 0 Å². The summed E-state index contributed by atoms with van der Waals surface area (Å²) in [5.41, 5.74) is 2.83. The van der Waals surface area contributed by atoms with Crippen LogP contribution in [-0.2, 0) is 0 Å². The maximum Gasteiger partial charge on any atom is 0.252 e. The summed E-state index contributed by atoms with van der Waals surface area (Å²) in [7, 11) is 0. The first-order valence-electron chi connectivity index (χ1n) is 5.41. The summed E-state index contributed by atoms with van der Waals surface area (Å²) in [6.07, 6.45) is 0. The Morgan fingerprint density at radius 1 is 1.00 bits per heavy atom. The number of amides is 1. The Bertz CT molecular complexity index is 577. The third kappa shape index (κ3) is 1.71. The third-order valence-corrected chi connectivity index (χ3v) is 3.25. The van der Waals surface area contributed by atoms with Crippen LogP contribution in [-0.4, -0.2) is 5.91 Å². The molecule has 3 rings (SSSR count). The predicted molar refractivity (Wildman–Crippen MR) is 67.2 cm³/mol. The molecular weight excluding hydrogens is 234 g/mol. The maximum absolute atomic E-state index is 11.8. The van der Waals surface area contributed by atoms with Crippen molar-refractivity contribution in [2.45, 2.75) is 6.04 Å². The van der Waals surface area contributed by atoms with Crippen LogP contribution in [0.4, 0.5) is 0 Å². The summed E-state index contributed by atoms with van der Waals surface area (Å²) in [6, 6.07) is 15.1. The van der Waals surface area contributed by atoms with Gasteiger partial charge < -0.3 is 5.32 Å². The zero-order valence-corrected chi connectivity index (χ0v) is 9.74. The molecule has 3 heteroatoms. The number of carbonyl (C=O) groups is 1. The van der Waals surface area contributed by atoms with Gasteiger partial charge in [-0.25, -0.2) is 0 Å². The van der Waals surface area contributed by atoms with Crippen LogP contribution in [0.15, 0.2) is 48.5 Å². The highest BCUT2D eigenvalue weighted by Gasteiger charge is 2.28. The molecular formula is C14H10ClNO. The number of hydrogen-bond donors (Lipinski definition) is 1. The number of nitrogens with one attached hydrogen (secondary N) is 1. The van der Waals surface area contributed by atoms with E-state index in [1.54, 1.807) is 0 Å². The summed E-state index contributed by atoms with van der Waals surface area (Å²) < 4.78 is 0. The van der Waals surface area contributed by atoms with Gasteiger partial charge in [-0.1, -0.05) is 41.9 Å². The minimum absolute atomic E-state index is 0.0134. The average molecular weight is 244 g/mol. The zero-order chi connectivity index (χ0) is 11.8. The van der Waals surface area contributed by atoms with Crippen LogP contribution >= 0.6 is 11.6 Å². The SMILES string of the molecule is O=C1N[C@H](c2ccc(Cl)cc2)c2ccccc21. The van der Waals surface area contributed by atoms with Gasteiger partial charge in [0.15, 0.2) is 0 Å². The van der Waals surface area contributed by atoms with Crippen LogP contribution in [0.1, 0.15) is 27.5 Å². The highest BCUT2D eigenvalue weighted by atomic mass is 35.5. The molecule has 2 aromatic rings. The monoisotopic (exact) mass is 243 g/mol. The van der Waals surface area contributed by atoms with Crippen molar-refractivity contribution in [3.63, 3.8) is 0 Å². The first-order valence-corrected chi connectivity index (χ1v) is 5.79. The van der Waals surface area contributed by atoms with Crippen LogP contribution in [0.25, 0.3) is 0 Å². The van der Waals surface area contributed by atoms with Gasteiger partial charge in [-0.15, -0.1) is 0 Å². The number of halogens is 1. The number of carbonyl (C=O) groups excluding carboxylic acids is 1. The fourth-order valence-electron chi connectivity index (χ4n) is 2.16. The van der Waals surface area contributed by atoms with Crippen molar-refractivity contribution in [1.29, 1.82) is 0 Å². The van der Waals surface area contributed by atoms with Gasteiger partial charge >= 0.3 is 0 Å². The van der Waals surface area contributed by atoms with E-state index in [4.69, 9.17) is 11.6 Å². The molecule has 1 heterocycles. The highest BCUT2D eigenvalue weighted by molar-refractivity contribution is 6.30. The molecule has 1 amide bonds. The van der Waals surface area contributed by atoms with E-state index >= 15 is 0 Å². The van der Waals surface area contributed by atoms with Gasteiger partial charge in [-0.05, 0) is 29.3 Å². The summed E-state index contributed by atoms with van der Waals surface area (Å²) in [5, 5.41) is 3.67. The molecule has 84 valence electrons. The van der Waals surface area contributed by atoms with E-state index in [1.807, 2.05) is 48.5 Å². The molecule has 2 nitrogen and oxygen atoms in total. The minimum atomic E-state index is -0.0593. The lowest BCUT2D eigenvalue weighted by Crippen LogP contribution is -2.19. The molecule has 0 unspecified atom stereocenters. The topological polar surface area (TPSA) is 29.1 Å². The standard InChI is InChI=1S/C14H10ClNO/c15-10-7-5-9(6-8-10)13-11-3-1-2-4-12(11)14(17)16-13/h1-8,13H,(H,16,17)/t13-/m1/s1. The Balaban J connectivity index is 2.07. The lowest BCUT2D eigenvalue weighted by Gasteiger charge is -2.11. The minimum Gasteiger partial charge on any atom is -0.341 e. The summed E-state index contributed by atoms with van der Waals surface area (Å²) in [4.78, 5) is 11.8. The maximum atomic E-state index is 11.8. The molecule has 1 aliphatic rings. The van der Waals surface area contributed by atoms with Crippen molar-refractivity contribution >= 4 is 17.5 Å². The Morgan fingerprint density at radius 3 is 2.47 bits per heavy atom. The molecule has 0 aromatic heterocycles. The molecule has 1 atom stereocenters. The van der Waals surface area contributed by atoms with Crippen molar-refractivity contribution in [3.05, 3.63) is 70.2 Å². The fourth-order valence-corrected chi connectivity index (χ4v) is 2.29. The first kappa shape index (κ1) is 10.4. The van der Waals surface area contributed by atoms with E-state index in [2.05, 4.69) is 5.32 Å². The van der Waals surface area contributed by atoms with Gasteiger partial charge in [-0.2, -0.15) is 0 Å². The molecule has 0 fully saturated rings. The normalized spacial score (nSPS) is 17.7. The number of hydrogen-bond acceptors (Lipinski definition) is 1. The summed E-state index contributed by atoms with van der Waals surface area (Å²) in [6.45, 7) is 0. The average Bonchev–Trinajstić information content (AvgIpc) is 2.69. The quantitative estimate of drug-likeness (QED) is 0.819. The second kappa shape index (κ2) is 3.90. The van der Waals surface area contributed by atoms with Crippen molar-refractivity contribution in [2.24, 2.45) is 0 Å². The van der Waals surface area contributed by atoms with E-state index in [1.165, 1.54) is 0 Å². The number of rotatable bonds is 1. The fraction of sp³-hybridized carbons (Fsp3) is 0.0714. The van der Waals surface area contributed by atoms with Gasteiger partial charge in [0.05, 0.1) is 6.04 Å². The molecule has 0 spiro atoms. The molecule has 0 saturated carbocycles. The van der Waals surface area contributed by atoms with Crippen LogP contribution in [0.3, 0.4) is 0 Å². The van der Waals surface area contributed by atoms with Gasteiger partial charge in [0.1, 0.15) is 0 Å². The Hall–Kier alpha value is -1.80. The number of benzene rings is 2. The summed E-state index contributed by atoms with van der Waals surface area (Å²) >= 11 is 5.86. The molecule has 17 heavy (non-hydrogen) atoms. The smallest absolute Gasteiger partial charge is 0.252 e. The highest BCUT2D eigenvalue weighted by Crippen LogP contribution is 2.30. The van der Waals surface area contributed by atoms with Gasteiger partial charge in [0, 0.05) is 10.6 Å². The van der Waals surface area contributed by atoms with Crippen molar-refractivity contribution in [3.8, 4) is 0 Å². The molecule has 1 aliphatic heterocycles. The van der Waals surface area contributed by atoms with Crippen molar-refractivity contribution in [2.75, 3.05) is 0 Å². The molecule has 0 radical (unpaired) electrons. The van der Waals surface area contributed by atoms with Crippen LogP contribution in [0.2, 0.25) is 5.02 Å². The van der Waals surface area contributed by atoms with E-state index in [0.717, 1.165) is 16.7 Å². The Kier molecular flexibility index (Phi) is 2.37. The summed E-state index contributed by atoms with van der Waals surface area (Å²) in [5.74, 6) is -0.0134. The zero-order valence-electron chi connectivity index (χ0n) is 8.98. The number of fused-ring (bicyclic) bond motifs is 1. The van der Waals surface area contributed by atoms with Gasteiger partial charge in [0.25, 0.3) is 5.91 Å². The third-order valence-electron chi connectivity index (χ3n) is 3.00. The van der Waals surface area contributed by atoms with E-state index < -0.39 is 0 Å². The lowest BCUT2D eigenvalue weighted by atomic mass is 9.99. The molecule has 0 saturated heterocycles. The molecule has 1 N–H and O–H groups in total. The van der Waals surface area contributed by atoms with Crippen molar-refractivity contribution < 1.29 is 4.79 Å². The predicted octanol–water partition coefficient (Wildman–Crippen LogP) is 3.17. The van der Waals surface area contributed by atoms with Gasteiger partial charge in [0.2, 0.25) is 0 Å². The molecule has 0 aliphatic carbocycles. The van der Waals surface area contributed by atoms with E-state index in [-0.39, 0.29) is 11.9 Å². The van der Waals surface area contributed by atoms with Gasteiger partial charge in [-0.3, -0.25) is 4.79 Å². The van der Waals surface area contributed by atoms with Crippen LogP contribution < -0.4 is 5.32 Å². The Morgan fingerprint density at radius 2 is 1.71 bits per heavy atom. The second-order valence-electron chi connectivity index (χ2n) is 4.05. The van der Waals surface area contributed by atoms with Crippen molar-refractivity contribution in [1.82, 2.24) is 5.32 Å². The Labute approximate surface area is 104 Å². The first-order chi connectivity index (χ1) is 8.25. The largest absolute Gasteiger partial charge is 0.341 e. The molecule has 0 bridgehead atoms. The van der Waals surface area contributed by atoms with Crippen LogP contribution in [0, 0.1) is 0 Å².